The van der Waals surface area contributed by atoms with Crippen molar-refractivity contribution in [2.45, 2.75) is 20.8 Å². The Balaban J connectivity index is 1.94. The van der Waals surface area contributed by atoms with Crippen LogP contribution in [-0.2, 0) is 0 Å². The number of benzene rings is 2. The first-order chi connectivity index (χ1) is 11.0. The molecule has 3 rings (SSSR count). The highest BCUT2D eigenvalue weighted by molar-refractivity contribution is 5.68. The molecule has 23 heavy (non-hydrogen) atoms. The molecule has 0 amide bonds. The molecule has 116 valence electrons. The van der Waals surface area contributed by atoms with Gasteiger partial charge in [0.25, 0.3) is 0 Å². The zero-order chi connectivity index (χ0) is 16.4. The summed E-state index contributed by atoms with van der Waals surface area (Å²) in [6.45, 7) is 6.01. The molecule has 1 aromatic heterocycles. The van der Waals surface area contributed by atoms with Gasteiger partial charge in [0.1, 0.15) is 5.76 Å². The van der Waals surface area contributed by atoms with E-state index in [-0.39, 0.29) is 5.95 Å². The van der Waals surface area contributed by atoms with Crippen LogP contribution in [0.4, 0.5) is 11.4 Å². The van der Waals surface area contributed by atoms with E-state index in [9.17, 15) is 5.11 Å². The smallest absolute Gasteiger partial charge is 0.311 e. The average Bonchev–Trinajstić information content (AvgIpc) is 2.89. The molecule has 0 radical (unpaired) electrons. The highest BCUT2D eigenvalue weighted by Crippen LogP contribution is 2.38. The Morgan fingerprint density at radius 3 is 2.43 bits per heavy atom. The Kier molecular flexibility index (Phi) is 3.98. The standard InChI is InChI=1S/C19H18N2O2/c1-12-5-4-6-15(9-12)20-21-17-11-18(23-19(17)22)16-10-13(2)7-8-14(16)3/h4-11,22H,1-3H3. The van der Waals surface area contributed by atoms with Gasteiger partial charge in [-0.25, -0.2) is 0 Å². The highest BCUT2D eigenvalue weighted by atomic mass is 16.5. The number of aryl methyl sites for hydroxylation is 3. The molecule has 3 aromatic rings. The van der Waals surface area contributed by atoms with Gasteiger partial charge in [-0.15, -0.1) is 5.11 Å². The molecule has 2 aromatic carbocycles. The van der Waals surface area contributed by atoms with E-state index in [2.05, 4.69) is 10.2 Å². The zero-order valence-electron chi connectivity index (χ0n) is 13.4. The molecule has 0 aliphatic rings. The minimum absolute atomic E-state index is 0.225. The molecule has 0 fully saturated rings. The lowest BCUT2D eigenvalue weighted by Gasteiger charge is -2.03. The Morgan fingerprint density at radius 1 is 0.870 bits per heavy atom. The van der Waals surface area contributed by atoms with Crippen molar-refractivity contribution in [2.75, 3.05) is 0 Å². The van der Waals surface area contributed by atoms with Crippen LogP contribution in [0.5, 0.6) is 5.95 Å². The van der Waals surface area contributed by atoms with E-state index >= 15 is 0 Å². The number of rotatable bonds is 3. The van der Waals surface area contributed by atoms with Gasteiger partial charge in [-0.1, -0.05) is 29.8 Å². The molecule has 0 saturated heterocycles. The maximum absolute atomic E-state index is 9.97. The Bertz CT molecular complexity index is 879. The molecule has 0 saturated carbocycles. The number of furan rings is 1. The molecule has 1 N–H and O–H groups in total. The second-order valence-corrected chi connectivity index (χ2v) is 5.66. The lowest BCUT2D eigenvalue weighted by atomic mass is 10.0. The largest absolute Gasteiger partial charge is 0.479 e. The quantitative estimate of drug-likeness (QED) is 0.604. The number of azo groups is 1. The van der Waals surface area contributed by atoms with Crippen LogP contribution >= 0.6 is 0 Å². The van der Waals surface area contributed by atoms with Gasteiger partial charge in [-0.05, 0) is 50.1 Å². The molecular formula is C19H18N2O2. The Labute approximate surface area is 135 Å². The van der Waals surface area contributed by atoms with Crippen LogP contribution in [0.15, 0.2) is 63.2 Å². The fourth-order valence-corrected chi connectivity index (χ4v) is 2.38. The van der Waals surface area contributed by atoms with E-state index in [0.717, 1.165) is 27.9 Å². The predicted molar refractivity (Wildman–Crippen MR) is 90.6 cm³/mol. The minimum atomic E-state index is -0.225. The topological polar surface area (TPSA) is 58.1 Å². The normalized spacial score (nSPS) is 11.3. The molecule has 0 atom stereocenters. The van der Waals surface area contributed by atoms with Crippen LogP contribution in [0.1, 0.15) is 16.7 Å². The van der Waals surface area contributed by atoms with Gasteiger partial charge < -0.3 is 9.52 Å². The maximum atomic E-state index is 9.97. The van der Waals surface area contributed by atoms with E-state index in [1.54, 1.807) is 6.07 Å². The number of hydrogen-bond acceptors (Lipinski definition) is 4. The lowest BCUT2D eigenvalue weighted by Crippen LogP contribution is -1.82. The first-order valence-electron chi connectivity index (χ1n) is 7.42. The van der Waals surface area contributed by atoms with Gasteiger partial charge in [0.05, 0.1) is 5.69 Å². The molecule has 0 unspecified atom stereocenters. The van der Waals surface area contributed by atoms with Gasteiger partial charge in [-0.2, -0.15) is 5.11 Å². The second-order valence-electron chi connectivity index (χ2n) is 5.66. The van der Waals surface area contributed by atoms with E-state index < -0.39 is 0 Å². The molecule has 0 aliphatic heterocycles. The third-order valence-electron chi connectivity index (χ3n) is 3.63. The second kappa shape index (κ2) is 6.08. The first kappa shape index (κ1) is 15.0. The van der Waals surface area contributed by atoms with Crippen molar-refractivity contribution in [2.24, 2.45) is 10.2 Å². The monoisotopic (exact) mass is 306 g/mol. The Hall–Kier alpha value is -2.88. The van der Waals surface area contributed by atoms with Crippen molar-refractivity contribution in [3.63, 3.8) is 0 Å². The lowest BCUT2D eigenvalue weighted by molar-refractivity contribution is 0.339. The number of hydrogen-bond donors (Lipinski definition) is 1. The summed E-state index contributed by atoms with van der Waals surface area (Å²) in [5, 5.41) is 18.2. The number of nitrogens with zero attached hydrogens (tertiary/aromatic N) is 2. The molecule has 0 bridgehead atoms. The van der Waals surface area contributed by atoms with E-state index in [4.69, 9.17) is 4.42 Å². The van der Waals surface area contributed by atoms with Gasteiger partial charge in [-0.3, -0.25) is 0 Å². The molecule has 1 heterocycles. The summed E-state index contributed by atoms with van der Waals surface area (Å²) in [6, 6.07) is 15.5. The molecule has 0 spiro atoms. The van der Waals surface area contributed by atoms with Crippen LogP contribution in [0.2, 0.25) is 0 Å². The van der Waals surface area contributed by atoms with Crippen LogP contribution in [0.25, 0.3) is 11.3 Å². The average molecular weight is 306 g/mol. The minimum Gasteiger partial charge on any atom is -0.479 e. The van der Waals surface area contributed by atoms with Crippen molar-refractivity contribution in [1.82, 2.24) is 0 Å². The van der Waals surface area contributed by atoms with Crippen molar-refractivity contribution >= 4 is 11.4 Å². The summed E-state index contributed by atoms with van der Waals surface area (Å²) < 4.78 is 5.45. The van der Waals surface area contributed by atoms with Crippen molar-refractivity contribution in [3.8, 4) is 17.3 Å². The third-order valence-corrected chi connectivity index (χ3v) is 3.63. The summed E-state index contributed by atoms with van der Waals surface area (Å²) in [5.41, 5.74) is 5.31. The van der Waals surface area contributed by atoms with Gasteiger partial charge in [0, 0.05) is 11.6 Å². The summed E-state index contributed by atoms with van der Waals surface area (Å²) >= 11 is 0. The van der Waals surface area contributed by atoms with Gasteiger partial charge in [0.15, 0.2) is 5.69 Å². The maximum Gasteiger partial charge on any atom is 0.311 e. The molecule has 4 nitrogen and oxygen atoms in total. The van der Waals surface area contributed by atoms with Crippen molar-refractivity contribution in [1.29, 1.82) is 0 Å². The van der Waals surface area contributed by atoms with E-state index in [1.807, 2.05) is 63.2 Å². The fraction of sp³-hybridized carbons (Fsp3) is 0.158. The Morgan fingerprint density at radius 2 is 1.65 bits per heavy atom. The van der Waals surface area contributed by atoms with Crippen LogP contribution in [-0.4, -0.2) is 5.11 Å². The molecule has 4 heteroatoms. The summed E-state index contributed by atoms with van der Waals surface area (Å²) in [4.78, 5) is 0. The molecule has 0 aliphatic carbocycles. The predicted octanol–water partition coefficient (Wildman–Crippen LogP) is 5.99. The van der Waals surface area contributed by atoms with Crippen molar-refractivity contribution in [3.05, 3.63) is 65.2 Å². The van der Waals surface area contributed by atoms with Crippen LogP contribution in [0, 0.1) is 20.8 Å². The highest BCUT2D eigenvalue weighted by Gasteiger charge is 2.13. The fourth-order valence-electron chi connectivity index (χ4n) is 2.38. The summed E-state index contributed by atoms with van der Waals surface area (Å²) in [7, 11) is 0. The third kappa shape index (κ3) is 3.31. The zero-order valence-corrected chi connectivity index (χ0v) is 13.4. The van der Waals surface area contributed by atoms with E-state index in [1.165, 1.54) is 0 Å². The van der Waals surface area contributed by atoms with Crippen molar-refractivity contribution < 1.29 is 9.52 Å². The van der Waals surface area contributed by atoms with Gasteiger partial charge >= 0.3 is 5.95 Å². The van der Waals surface area contributed by atoms with E-state index in [0.29, 0.717) is 11.4 Å². The van der Waals surface area contributed by atoms with Gasteiger partial charge in [0.2, 0.25) is 0 Å². The summed E-state index contributed by atoms with van der Waals surface area (Å²) in [6.07, 6.45) is 0. The van der Waals surface area contributed by atoms with Crippen LogP contribution in [0.3, 0.4) is 0 Å². The molecular weight excluding hydrogens is 288 g/mol. The SMILES string of the molecule is Cc1cccc(N=Nc2cc(-c3cc(C)ccc3C)oc2O)c1. The summed E-state index contributed by atoms with van der Waals surface area (Å²) in [5.74, 6) is 0.360. The van der Waals surface area contributed by atoms with Crippen LogP contribution < -0.4 is 0 Å². The first-order valence-corrected chi connectivity index (χ1v) is 7.42. The number of aromatic hydroxyl groups is 1.